The maximum atomic E-state index is 4.50. The van der Waals surface area contributed by atoms with Crippen molar-refractivity contribution in [3.63, 3.8) is 0 Å². The fourth-order valence-corrected chi connectivity index (χ4v) is 1.84. The largest absolute Gasteiger partial charge is 0.314 e. The van der Waals surface area contributed by atoms with E-state index in [1.165, 1.54) is 25.0 Å². The third-order valence-corrected chi connectivity index (χ3v) is 2.79. The van der Waals surface area contributed by atoms with Crippen LogP contribution in [0.4, 0.5) is 0 Å². The van der Waals surface area contributed by atoms with Crippen molar-refractivity contribution in [1.82, 2.24) is 15.3 Å². The van der Waals surface area contributed by atoms with E-state index in [2.05, 4.69) is 21.4 Å². The summed E-state index contributed by atoms with van der Waals surface area (Å²) in [5.41, 5.74) is 2.36. The predicted octanol–water partition coefficient (Wildman–Crippen LogP) is 1.77. The second-order valence-corrected chi connectivity index (χ2v) is 3.99. The lowest BCUT2D eigenvalue weighted by atomic mass is 9.82. The molecule has 1 aliphatic carbocycles. The van der Waals surface area contributed by atoms with Gasteiger partial charge in [-0.25, -0.2) is 9.97 Å². The van der Waals surface area contributed by atoms with Crippen molar-refractivity contribution >= 4 is 0 Å². The van der Waals surface area contributed by atoms with Crippen LogP contribution in [0.5, 0.6) is 0 Å². The van der Waals surface area contributed by atoms with Gasteiger partial charge in [0.1, 0.15) is 5.82 Å². The standard InChI is InChI=1S/C11H17N3/c1-8-13-10(7-12-2)6-11(14-8)9-4-3-5-9/h6,9,12H,3-5,7H2,1-2H3. The molecule has 3 heteroatoms. The van der Waals surface area contributed by atoms with Gasteiger partial charge in [0.15, 0.2) is 0 Å². The van der Waals surface area contributed by atoms with E-state index in [9.17, 15) is 0 Å². The molecule has 0 aromatic carbocycles. The molecule has 0 radical (unpaired) electrons. The van der Waals surface area contributed by atoms with Crippen LogP contribution in [0.25, 0.3) is 0 Å². The summed E-state index contributed by atoms with van der Waals surface area (Å²) in [5.74, 6) is 1.60. The number of nitrogens with zero attached hydrogens (tertiary/aromatic N) is 2. The molecular formula is C11H17N3. The maximum absolute atomic E-state index is 4.50. The molecule has 1 aliphatic rings. The molecular weight excluding hydrogens is 174 g/mol. The van der Waals surface area contributed by atoms with Crippen molar-refractivity contribution in [3.8, 4) is 0 Å². The summed E-state index contributed by atoms with van der Waals surface area (Å²) < 4.78 is 0. The Morgan fingerprint density at radius 2 is 2.21 bits per heavy atom. The lowest BCUT2D eigenvalue weighted by molar-refractivity contribution is 0.409. The molecule has 0 spiro atoms. The highest BCUT2D eigenvalue weighted by Gasteiger charge is 2.21. The van der Waals surface area contributed by atoms with E-state index >= 15 is 0 Å². The number of nitrogens with one attached hydrogen (secondary N) is 1. The molecule has 3 nitrogen and oxygen atoms in total. The van der Waals surface area contributed by atoms with Crippen molar-refractivity contribution in [3.05, 3.63) is 23.3 Å². The maximum Gasteiger partial charge on any atom is 0.125 e. The summed E-state index contributed by atoms with van der Waals surface area (Å²) in [4.78, 5) is 8.89. The van der Waals surface area contributed by atoms with E-state index < -0.39 is 0 Å². The van der Waals surface area contributed by atoms with Gasteiger partial charge >= 0.3 is 0 Å². The SMILES string of the molecule is CNCc1cc(C2CCC2)nc(C)n1. The first-order valence-corrected chi connectivity index (χ1v) is 5.28. The average molecular weight is 191 g/mol. The highest BCUT2D eigenvalue weighted by Crippen LogP contribution is 2.35. The van der Waals surface area contributed by atoms with Gasteiger partial charge in [-0.15, -0.1) is 0 Å². The van der Waals surface area contributed by atoms with Crippen LogP contribution < -0.4 is 5.32 Å². The van der Waals surface area contributed by atoms with Gasteiger partial charge in [-0.3, -0.25) is 0 Å². The zero-order valence-corrected chi connectivity index (χ0v) is 8.88. The van der Waals surface area contributed by atoms with Crippen LogP contribution in [0.3, 0.4) is 0 Å². The Kier molecular flexibility index (Phi) is 2.77. The van der Waals surface area contributed by atoms with E-state index in [1.807, 2.05) is 14.0 Å². The number of hydrogen-bond donors (Lipinski definition) is 1. The van der Waals surface area contributed by atoms with Gasteiger partial charge in [0, 0.05) is 18.2 Å². The molecule has 0 aliphatic heterocycles. The van der Waals surface area contributed by atoms with Crippen LogP contribution in [-0.4, -0.2) is 17.0 Å². The second kappa shape index (κ2) is 4.05. The number of hydrogen-bond acceptors (Lipinski definition) is 3. The fourth-order valence-electron chi connectivity index (χ4n) is 1.84. The summed E-state index contributed by atoms with van der Waals surface area (Å²) in [7, 11) is 1.94. The molecule has 1 heterocycles. The van der Waals surface area contributed by atoms with Gasteiger partial charge < -0.3 is 5.32 Å². The Bertz CT molecular complexity index is 318. The molecule has 1 N–H and O–H groups in total. The van der Waals surface area contributed by atoms with Crippen molar-refractivity contribution in [2.24, 2.45) is 0 Å². The minimum absolute atomic E-state index is 0.701. The van der Waals surface area contributed by atoms with Gasteiger partial charge in [0.2, 0.25) is 0 Å². The average Bonchev–Trinajstić information content (AvgIpc) is 1.99. The molecule has 76 valence electrons. The summed E-state index contributed by atoms with van der Waals surface area (Å²) in [6.07, 6.45) is 3.96. The normalized spacial score (nSPS) is 16.7. The third-order valence-electron chi connectivity index (χ3n) is 2.79. The Balaban J connectivity index is 2.21. The van der Waals surface area contributed by atoms with Crippen LogP contribution in [0.2, 0.25) is 0 Å². The Morgan fingerprint density at radius 3 is 2.79 bits per heavy atom. The Hall–Kier alpha value is -0.960. The van der Waals surface area contributed by atoms with Crippen LogP contribution in [0, 0.1) is 6.92 Å². The summed E-state index contributed by atoms with van der Waals surface area (Å²) >= 11 is 0. The highest BCUT2D eigenvalue weighted by molar-refractivity contribution is 5.16. The molecule has 1 aromatic rings. The Morgan fingerprint density at radius 1 is 1.43 bits per heavy atom. The molecule has 0 saturated heterocycles. The molecule has 0 bridgehead atoms. The molecule has 1 fully saturated rings. The Labute approximate surface area is 85.0 Å². The highest BCUT2D eigenvalue weighted by atomic mass is 14.9. The second-order valence-electron chi connectivity index (χ2n) is 3.99. The first-order valence-electron chi connectivity index (χ1n) is 5.28. The fraction of sp³-hybridized carbons (Fsp3) is 0.636. The first-order chi connectivity index (χ1) is 6.79. The smallest absolute Gasteiger partial charge is 0.125 e. The van der Waals surface area contributed by atoms with Gasteiger partial charge in [0.05, 0.1) is 5.69 Å². The minimum atomic E-state index is 0.701. The first kappa shape index (κ1) is 9.59. The number of aryl methyl sites for hydroxylation is 1. The molecule has 14 heavy (non-hydrogen) atoms. The van der Waals surface area contributed by atoms with Crippen LogP contribution in [0.1, 0.15) is 42.4 Å². The zero-order chi connectivity index (χ0) is 9.97. The quantitative estimate of drug-likeness (QED) is 0.791. The zero-order valence-electron chi connectivity index (χ0n) is 8.88. The topological polar surface area (TPSA) is 37.8 Å². The van der Waals surface area contributed by atoms with E-state index in [1.54, 1.807) is 0 Å². The van der Waals surface area contributed by atoms with E-state index in [0.717, 1.165) is 18.1 Å². The van der Waals surface area contributed by atoms with E-state index in [0.29, 0.717) is 5.92 Å². The monoisotopic (exact) mass is 191 g/mol. The molecule has 0 atom stereocenters. The van der Waals surface area contributed by atoms with Gasteiger partial charge in [-0.2, -0.15) is 0 Å². The van der Waals surface area contributed by atoms with E-state index in [4.69, 9.17) is 0 Å². The predicted molar refractivity (Wildman–Crippen MR) is 56.1 cm³/mol. The number of aromatic nitrogens is 2. The summed E-state index contributed by atoms with van der Waals surface area (Å²) in [5, 5.41) is 3.12. The van der Waals surface area contributed by atoms with Crippen LogP contribution >= 0.6 is 0 Å². The minimum Gasteiger partial charge on any atom is -0.314 e. The van der Waals surface area contributed by atoms with Crippen molar-refractivity contribution in [1.29, 1.82) is 0 Å². The van der Waals surface area contributed by atoms with E-state index in [-0.39, 0.29) is 0 Å². The van der Waals surface area contributed by atoms with Crippen molar-refractivity contribution in [2.75, 3.05) is 7.05 Å². The lowest BCUT2D eigenvalue weighted by Gasteiger charge is -2.25. The lowest BCUT2D eigenvalue weighted by Crippen LogP contribution is -2.14. The number of rotatable bonds is 3. The van der Waals surface area contributed by atoms with Gasteiger partial charge in [-0.1, -0.05) is 6.42 Å². The van der Waals surface area contributed by atoms with Crippen LogP contribution in [-0.2, 0) is 6.54 Å². The van der Waals surface area contributed by atoms with Crippen molar-refractivity contribution in [2.45, 2.75) is 38.6 Å². The summed E-state index contributed by atoms with van der Waals surface area (Å²) in [6.45, 7) is 2.81. The van der Waals surface area contributed by atoms with Gasteiger partial charge in [-0.05, 0) is 32.9 Å². The molecule has 0 unspecified atom stereocenters. The third kappa shape index (κ3) is 1.93. The van der Waals surface area contributed by atoms with Crippen molar-refractivity contribution < 1.29 is 0 Å². The molecule has 2 rings (SSSR count). The molecule has 1 aromatic heterocycles. The van der Waals surface area contributed by atoms with Gasteiger partial charge in [0.25, 0.3) is 0 Å². The van der Waals surface area contributed by atoms with Crippen LogP contribution in [0.15, 0.2) is 6.07 Å². The molecule has 0 amide bonds. The molecule has 1 saturated carbocycles. The summed E-state index contributed by atoms with van der Waals surface area (Å²) in [6, 6.07) is 2.15.